The fourth-order valence-corrected chi connectivity index (χ4v) is 4.68. The molecule has 2 aromatic heterocycles. The molecule has 0 saturated heterocycles. The van der Waals surface area contributed by atoms with Crippen molar-refractivity contribution >= 4 is 11.7 Å². The number of phenolic OH excluding ortho intramolecular Hbond substituents is 1. The van der Waals surface area contributed by atoms with Gasteiger partial charge in [-0.05, 0) is 74.9 Å². The smallest absolute Gasteiger partial charge is 0.123 e. The fourth-order valence-electron chi connectivity index (χ4n) is 4.68. The molecule has 1 atom stereocenters. The van der Waals surface area contributed by atoms with Crippen LogP contribution in [0.15, 0.2) is 47.9 Å². The molecule has 0 unspecified atom stereocenters. The molecule has 32 heavy (non-hydrogen) atoms. The highest BCUT2D eigenvalue weighted by molar-refractivity contribution is 5.88. The van der Waals surface area contributed by atoms with Gasteiger partial charge in [0.25, 0.3) is 0 Å². The Morgan fingerprint density at radius 3 is 3.03 bits per heavy atom. The highest BCUT2D eigenvalue weighted by Crippen LogP contribution is 2.30. The van der Waals surface area contributed by atoms with Crippen LogP contribution < -0.4 is 4.74 Å². The van der Waals surface area contributed by atoms with Crippen LogP contribution in [0, 0.1) is 0 Å². The summed E-state index contributed by atoms with van der Waals surface area (Å²) < 4.78 is 7.70. The quantitative estimate of drug-likeness (QED) is 0.215. The molecule has 3 aromatic rings. The fraction of sp³-hybridized carbons (Fsp3) is 0.440. The Labute approximate surface area is 188 Å². The number of hydrogen-bond donors (Lipinski definition) is 2. The monoisotopic (exact) mass is 436 g/mol. The van der Waals surface area contributed by atoms with E-state index in [1.54, 1.807) is 16.8 Å². The average Bonchev–Trinajstić information content (AvgIpc) is 3.20. The molecule has 4 rings (SSSR count). The number of aromatic hydroxyl groups is 1. The number of aromatic nitrogens is 2. The van der Waals surface area contributed by atoms with E-state index in [9.17, 15) is 5.11 Å². The number of phenols is 1. The Kier molecular flexibility index (Phi) is 7.27. The van der Waals surface area contributed by atoms with Gasteiger partial charge in [0, 0.05) is 23.9 Å². The van der Waals surface area contributed by atoms with Gasteiger partial charge in [0.1, 0.15) is 11.5 Å². The van der Waals surface area contributed by atoms with E-state index in [4.69, 9.17) is 9.94 Å². The number of fused-ring (bicyclic) bond motifs is 2. The first-order chi connectivity index (χ1) is 15.7. The summed E-state index contributed by atoms with van der Waals surface area (Å²) in [5, 5.41) is 26.2. The summed E-state index contributed by atoms with van der Waals surface area (Å²) in [5.74, 6) is 1.24. The van der Waals surface area contributed by atoms with E-state index in [1.165, 1.54) is 11.8 Å². The van der Waals surface area contributed by atoms with E-state index in [2.05, 4.69) is 28.1 Å². The van der Waals surface area contributed by atoms with Gasteiger partial charge >= 0.3 is 0 Å². The van der Waals surface area contributed by atoms with Crippen molar-refractivity contribution in [3.63, 3.8) is 0 Å². The molecule has 7 nitrogen and oxygen atoms in total. The van der Waals surface area contributed by atoms with Crippen LogP contribution in [0.25, 0.3) is 5.52 Å². The predicted molar refractivity (Wildman–Crippen MR) is 125 cm³/mol. The predicted octanol–water partition coefficient (Wildman–Crippen LogP) is 4.28. The average molecular weight is 437 g/mol. The molecule has 0 saturated carbocycles. The maximum absolute atomic E-state index is 10.1. The zero-order valence-electron chi connectivity index (χ0n) is 18.7. The molecule has 2 heterocycles. The van der Waals surface area contributed by atoms with E-state index in [-0.39, 0.29) is 0 Å². The van der Waals surface area contributed by atoms with Crippen molar-refractivity contribution in [2.45, 2.75) is 51.5 Å². The molecule has 0 amide bonds. The number of rotatable bonds is 10. The molecule has 0 spiro atoms. The number of benzene rings is 1. The first kappa shape index (κ1) is 22.1. The molecule has 170 valence electrons. The zero-order valence-corrected chi connectivity index (χ0v) is 18.7. The lowest BCUT2D eigenvalue weighted by molar-refractivity contribution is 0.171. The first-order valence-electron chi connectivity index (χ1n) is 11.5. The molecular formula is C25H32N4O3. The van der Waals surface area contributed by atoms with E-state index in [1.807, 2.05) is 24.4 Å². The van der Waals surface area contributed by atoms with Gasteiger partial charge in [-0.1, -0.05) is 24.2 Å². The van der Waals surface area contributed by atoms with Crippen LogP contribution in [0.5, 0.6) is 11.5 Å². The number of hydrogen-bond acceptors (Lipinski definition) is 6. The van der Waals surface area contributed by atoms with Crippen LogP contribution in [0.3, 0.4) is 0 Å². The highest BCUT2D eigenvalue weighted by atomic mass is 16.5. The molecule has 1 aromatic carbocycles. The van der Waals surface area contributed by atoms with Gasteiger partial charge in [-0.15, -0.1) is 0 Å². The zero-order chi connectivity index (χ0) is 22.3. The lowest BCUT2D eigenvalue weighted by Crippen LogP contribution is -2.40. The number of nitrogens with zero attached hydrogens (tertiary/aromatic N) is 4. The first-order valence-corrected chi connectivity index (χ1v) is 11.5. The Bertz CT molecular complexity index is 1060. The summed E-state index contributed by atoms with van der Waals surface area (Å²) >= 11 is 0. The van der Waals surface area contributed by atoms with Gasteiger partial charge in [0.2, 0.25) is 0 Å². The summed E-state index contributed by atoms with van der Waals surface area (Å²) in [6.45, 7) is 5.07. The summed E-state index contributed by atoms with van der Waals surface area (Å²) in [6, 6.07) is 10.3. The minimum Gasteiger partial charge on any atom is -0.508 e. The maximum Gasteiger partial charge on any atom is 0.123 e. The molecule has 0 aliphatic heterocycles. The topological polar surface area (TPSA) is 82.6 Å². The van der Waals surface area contributed by atoms with Crippen LogP contribution in [-0.2, 0) is 12.8 Å². The van der Waals surface area contributed by atoms with Crippen molar-refractivity contribution < 1.29 is 15.1 Å². The number of ether oxygens (including phenoxy) is 1. The van der Waals surface area contributed by atoms with Gasteiger partial charge in [0.15, 0.2) is 0 Å². The lowest BCUT2D eigenvalue weighted by atomic mass is 9.86. The van der Waals surface area contributed by atoms with Gasteiger partial charge in [-0.25, -0.2) is 4.52 Å². The van der Waals surface area contributed by atoms with Gasteiger partial charge in [-0.3, -0.25) is 0 Å². The Morgan fingerprint density at radius 1 is 1.28 bits per heavy atom. The van der Waals surface area contributed by atoms with Crippen molar-refractivity contribution in [3.05, 3.63) is 59.4 Å². The standard InChI is InChI=1S/C25H32N4O3/c1-2-11-28(21-8-9-23-19(15-21)6-5-7-25(23)30)12-3-4-14-32-22-10-13-29-24(16-22)20(17-26-29)18-27-31/h5-7,10,13,16-18,21,30-31H,2-4,8-9,11-12,14-15H2,1H3/b27-18-/t21-/m0/s1. The maximum atomic E-state index is 10.1. The Balaban J connectivity index is 1.27. The van der Waals surface area contributed by atoms with Crippen molar-refractivity contribution in [1.29, 1.82) is 0 Å². The number of pyridine rings is 1. The van der Waals surface area contributed by atoms with Crippen molar-refractivity contribution in [2.24, 2.45) is 5.16 Å². The molecule has 2 N–H and O–H groups in total. The van der Waals surface area contributed by atoms with Gasteiger partial charge in [-0.2, -0.15) is 5.10 Å². The van der Waals surface area contributed by atoms with Crippen LogP contribution in [-0.4, -0.2) is 56.8 Å². The third-order valence-electron chi connectivity index (χ3n) is 6.29. The van der Waals surface area contributed by atoms with Gasteiger partial charge in [0.05, 0.1) is 24.5 Å². The minimum absolute atomic E-state index is 0.449. The second kappa shape index (κ2) is 10.5. The van der Waals surface area contributed by atoms with Crippen LogP contribution >= 0.6 is 0 Å². The summed E-state index contributed by atoms with van der Waals surface area (Å²) in [6.07, 6.45) is 11.2. The Morgan fingerprint density at radius 2 is 2.19 bits per heavy atom. The molecule has 0 radical (unpaired) electrons. The van der Waals surface area contributed by atoms with E-state index in [0.29, 0.717) is 18.4 Å². The molecule has 1 aliphatic rings. The second-order valence-corrected chi connectivity index (χ2v) is 8.44. The van der Waals surface area contributed by atoms with Crippen LogP contribution in [0.1, 0.15) is 49.3 Å². The van der Waals surface area contributed by atoms with E-state index in [0.717, 1.165) is 74.0 Å². The number of oxime groups is 1. The summed E-state index contributed by atoms with van der Waals surface area (Å²) in [4.78, 5) is 2.62. The van der Waals surface area contributed by atoms with Gasteiger partial charge < -0.3 is 20.0 Å². The Hall–Kier alpha value is -3.06. The van der Waals surface area contributed by atoms with Crippen molar-refractivity contribution in [1.82, 2.24) is 14.5 Å². The lowest BCUT2D eigenvalue weighted by Gasteiger charge is -2.35. The SMILES string of the molecule is CCCN(CCCCOc1ccn2ncc(/C=N\O)c2c1)[C@H]1CCc2c(O)cccc2C1. The third kappa shape index (κ3) is 5.05. The summed E-state index contributed by atoms with van der Waals surface area (Å²) in [5.41, 5.74) is 4.03. The second-order valence-electron chi connectivity index (χ2n) is 8.44. The molecule has 0 fully saturated rings. The van der Waals surface area contributed by atoms with Crippen LogP contribution in [0.4, 0.5) is 0 Å². The molecule has 1 aliphatic carbocycles. The third-order valence-corrected chi connectivity index (χ3v) is 6.29. The van der Waals surface area contributed by atoms with Crippen molar-refractivity contribution in [3.8, 4) is 11.5 Å². The largest absolute Gasteiger partial charge is 0.508 e. The van der Waals surface area contributed by atoms with E-state index < -0.39 is 0 Å². The van der Waals surface area contributed by atoms with Crippen molar-refractivity contribution in [2.75, 3.05) is 19.7 Å². The van der Waals surface area contributed by atoms with Crippen LogP contribution in [0.2, 0.25) is 0 Å². The number of unbranched alkanes of at least 4 members (excludes halogenated alkanes) is 1. The summed E-state index contributed by atoms with van der Waals surface area (Å²) in [7, 11) is 0. The molecule has 7 heteroatoms. The normalized spacial score (nSPS) is 16.1. The minimum atomic E-state index is 0.449. The molecule has 0 bridgehead atoms. The highest BCUT2D eigenvalue weighted by Gasteiger charge is 2.25. The van der Waals surface area contributed by atoms with E-state index >= 15 is 0 Å². The molecular weight excluding hydrogens is 404 g/mol.